The van der Waals surface area contributed by atoms with Crippen molar-refractivity contribution in [2.24, 2.45) is 0 Å². The summed E-state index contributed by atoms with van der Waals surface area (Å²) in [4.78, 5) is 6.41. The molecular formula is C14H15BrClN3. The Kier molecular flexibility index (Phi) is 4.80. The Morgan fingerprint density at radius 3 is 2.53 bits per heavy atom. The first-order valence-corrected chi connectivity index (χ1v) is 7.05. The van der Waals surface area contributed by atoms with E-state index in [-0.39, 0.29) is 0 Å². The van der Waals surface area contributed by atoms with Gasteiger partial charge in [-0.25, -0.2) is 4.98 Å². The highest BCUT2D eigenvalue weighted by atomic mass is 79.9. The van der Waals surface area contributed by atoms with Crippen LogP contribution in [0.15, 0.2) is 40.9 Å². The number of benzene rings is 1. The molecule has 0 saturated heterocycles. The van der Waals surface area contributed by atoms with Gasteiger partial charge in [0.15, 0.2) is 0 Å². The van der Waals surface area contributed by atoms with Crippen LogP contribution in [-0.4, -0.2) is 16.9 Å². The largest absolute Gasteiger partial charge is 0.384 e. The zero-order valence-corrected chi connectivity index (χ0v) is 12.9. The van der Waals surface area contributed by atoms with Crippen LogP contribution in [0.5, 0.6) is 0 Å². The molecule has 19 heavy (non-hydrogen) atoms. The molecule has 0 amide bonds. The molecule has 0 bridgehead atoms. The molecule has 100 valence electrons. The standard InChI is InChI=1S/C14H15BrClN3/c1-19(8-10-2-4-11(15)5-3-10)9-13-12(16)6-7-14(17)18-13/h2-7H,8-9H2,1H3,(H2,17,18). The Hall–Kier alpha value is -1.10. The Morgan fingerprint density at radius 2 is 1.84 bits per heavy atom. The van der Waals surface area contributed by atoms with E-state index in [9.17, 15) is 0 Å². The highest BCUT2D eigenvalue weighted by molar-refractivity contribution is 9.10. The number of rotatable bonds is 4. The number of hydrogen-bond donors (Lipinski definition) is 1. The van der Waals surface area contributed by atoms with Gasteiger partial charge in [-0.2, -0.15) is 0 Å². The second kappa shape index (κ2) is 6.37. The summed E-state index contributed by atoms with van der Waals surface area (Å²) in [6, 6.07) is 11.8. The van der Waals surface area contributed by atoms with Crippen LogP contribution in [0.3, 0.4) is 0 Å². The van der Waals surface area contributed by atoms with Gasteiger partial charge in [0.2, 0.25) is 0 Å². The van der Waals surface area contributed by atoms with E-state index in [4.69, 9.17) is 17.3 Å². The third-order valence-electron chi connectivity index (χ3n) is 2.73. The van der Waals surface area contributed by atoms with Crippen LogP contribution >= 0.6 is 27.5 Å². The highest BCUT2D eigenvalue weighted by Crippen LogP contribution is 2.18. The van der Waals surface area contributed by atoms with Gasteiger partial charge in [0, 0.05) is 17.6 Å². The summed E-state index contributed by atoms with van der Waals surface area (Å²) >= 11 is 9.54. The Morgan fingerprint density at radius 1 is 1.16 bits per heavy atom. The van der Waals surface area contributed by atoms with Crippen LogP contribution in [0, 0.1) is 0 Å². The van der Waals surface area contributed by atoms with Gasteiger partial charge < -0.3 is 5.73 Å². The molecule has 1 aromatic heterocycles. The van der Waals surface area contributed by atoms with Crippen molar-refractivity contribution in [3.8, 4) is 0 Å². The normalized spacial score (nSPS) is 10.9. The number of hydrogen-bond acceptors (Lipinski definition) is 3. The molecule has 0 radical (unpaired) electrons. The van der Waals surface area contributed by atoms with Crippen LogP contribution in [0.2, 0.25) is 5.02 Å². The first kappa shape index (κ1) is 14.3. The lowest BCUT2D eigenvalue weighted by molar-refractivity contribution is 0.315. The van der Waals surface area contributed by atoms with E-state index < -0.39 is 0 Å². The number of nitrogen functional groups attached to an aromatic ring is 1. The maximum Gasteiger partial charge on any atom is 0.123 e. The number of nitrogens with zero attached hydrogens (tertiary/aromatic N) is 2. The fraction of sp³-hybridized carbons (Fsp3) is 0.214. The molecule has 0 spiro atoms. The lowest BCUT2D eigenvalue weighted by atomic mass is 10.2. The Balaban J connectivity index is 2.02. The summed E-state index contributed by atoms with van der Waals surface area (Å²) in [7, 11) is 2.03. The van der Waals surface area contributed by atoms with Crippen molar-refractivity contribution in [2.75, 3.05) is 12.8 Å². The summed E-state index contributed by atoms with van der Waals surface area (Å²) in [6.45, 7) is 1.50. The predicted octanol–water partition coefficient (Wildman–Crippen LogP) is 3.71. The van der Waals surface area contributed by atoms with Gasteiger partial charge in [0.1, 0.15) is 5.82 Å². The van der Waals surface area contributed by atoms with E-state index >= 15 is 0 Å². The van der Waals surface area contributed by atoms with Gasteiger partial charge in [-0.05, 0) is 36.9 Å². The predicted molar refractivity (Wildman–Crippen MR) is 83.0 cm³/mol. The van der Waals surface area contributed by atoms with Gasteiger partial charge in [-0.3, -0.25) is 4.90 Å². The SMILES string of the molecule is CN(Cc1ccc(Br)cc1)Cc1nc(N)ccc1Cl. The minimum atomic E-state index is 0.497. The molecule has 0 fully saturated rings. The molecule has 0 unspecified atom stereocenters. The fourth-order valence-corrected chi connectivity index (χ4v) is 2.25. The van der Waals surface area contributed by atoms with Crippen molar-refractivity contribution in [1.82, 2.24) is 9.88 Å². The average molecular weight is 341 g/mol. The minimum absolute atomic E-state index is 0.497. The first-order valence-electron chi connectivity index (χ1n) is 5.88. The summed E-state index contributed by atoms with van der Waals surface area (Å²) < 4.78 is 1.08. The molecule has 3 nitrogen and oxygen atoms in total. The molecule has 2 rings (SSSR count). The lowest BCUT2D eigenvalue weighted by Gasteiger charge is -2.17. The first-order chi connectivity index (χ1) is 9.04. The lowest BCUT2D eigenvalue weighted by Crippen LogP contribution is -2.18. The number of aromatic nitrogens is 1. The molecule has 1 heterocycles. The van der Waals surface area contributed by atoms with E-state index in [1.165, 1.54) is 5.56 Å². The van der Waals surface area contributed by atoms with Crippen LogP contribution in [0.1, 0.15) is 11.3 Å². The Bertz CT molecular complexity index is 557. The second-order valence-electron chi connectivity index (χ2n) is 4.46. The number of halogens is 2. The summed E-state index contributed by atoms with van der Waals surface area (Å²) in [5.74, 6) is 0.497. The third-order valence-corrected chi connectivity index (χ3v) is 3.60. The summed E-state index contributed by atoms with van der Waals surface area (Å²) in [6.07, 6.45) is 0. The van der Waals surface area contributed by atoms with E-state index in [1.54, 1.807) is 12.1 Å². The van der Waals surface area contributed by atoms with Gasteiger partial charge in [0.05, 0.1) is 10.7 Å². The molecule has 2 N–H and O–H groups in total. The van der Waals surface area contributed by atoms with E-state index in [0.29, 0.717) is 17.4 Å². The molecule has 0 saturated carbocycles. The summed E-state index contributed by atoms with van der Waals surface area (Å²) in [5, 5.41) is 0.650. The molecule has 0 aliphatic heterocycles. The zero-order valence-electron chi connectivity index (χ0n) is 10.6. The monoisotopic (exact) mass is 339 g/mol. The third kappa shape index (κ3) is 4.20. The van der Waals surface area contributed by atoms with E-state index in [2.05, 4.69) is 37.9 Å². The van der Waals surface area contributed by atoms with Crippen molar-refractivity contribution in [3.05, 3.63) is 57.2 Å². The van der Waals surface area contributed by atoms with Gasteiger partial charge in [-0.1, -0.05) is 39.7 Å². The average Bonchev–Trinajstić information content (AvgIpc) is 2.37. The molecular weight excluding hydrogens is 326 g/mol. The fourth-order valence-electron chi connectivity index (χ4n) is 1.83. The maximum atomic E-state index is 6.11. The molecule has 1 aromatic carbocycles. The van der Waals surface area contributed by atoms with Crippen molar-refractivity contribution < 1.29 is 0 Å². The van der Waals surface area contributed by atoms with Gasteiger partial charge in [0.25, 0.3) is 0 Å². The molecule has 2 aromatic rings. The van der Waals surface area contributed by atoms with Crippen molar-refractivity contribution in [2.45, 2.75) is 13.1 Å². The molecule has 0 aliphatic carbocycles. The second-order valence-corrected chi connectivity index (χ2v) is 5.79. The quantitative estimate of drug-likeness (QED) is 0.922. The van der Waals surface area contributed by atoms with Crippen LogP contribution in [0.4, 0.5) is 5.82 Å². The molecule has 5 heteroatoms. The summed E-state index contributed by atoms with van der Waals surface area (Å²) in [5.41, 5.74) is 7.73. The number of pyridine rings is 1. The minimum Gasteiger partial charge on any atom is -0.384 e. The Labute approximate surface area is 126 Å². The topological polar surface area (TPSA) is 42.2 Å². The zero-order chi connectivity index (χ0) is 13.8. The van der Waals surface area contributed by atoms with Gasteiger partial charge in [-0.15, -0.1) is 0 Å². The molecule has 0 aliphatic rings. The van der Waals surface area contributed by atoms with Crippen LogP contribution in [-0.2, 0) is 13.1 Å². The number of nitrogens with two attached hydrogens (primary N) is 1. The van der Waals surface area contributed by atoms with Crippen LogP contribution < -0.4 is 5.73 Å². The smallest absolute Gasteiger partial charge is 0.123 e. The number of anilines is 1. The van der Waals surface area contributed by atoms with Crippen molar-refractivity contribution in [3.63, 3.8) is 0 Å². The van der Waals surface area contributed by atoms with E-state index in [1.807, 2.05) is 19.2 Å². The van der Waals surface area contributed by atoms with Crippen LogP contribution in [0.25, 0.3) is 0 Å². The maximum absolute atomic E-state index is 6.11. The molecule has 0 atom stereocenters. The van der Waals surface area contributed by atoms with Gasteiger partial charge >= 0.3 is 0 Å². The van der Waals surface area contributed by atoms with E-state index in [0.717, 1.165) is 16.7 Å². The van der Waals surface area contributed by atoms with Crippen molar-refractivity contribution >= 4 is 33.3 Å². The highest BCUT2D eigenvalue weighted by Gasteiger charge is 2.07. The van der Waals surface area contributed by atoms with Crippen molar-refractivity contribution in [1.29, 1.82) is 0 Å².